The fraction of sp³-hybridized carbons (Fsp3) is 0.474. The Hall–Kier alpha value is -2.18. The number of aryl methyl sites for hydroxylation is 1. The fourth-order valence-corrected chi connectivity index (χ4v) is 2.81. The molecule has 134 valence electrons. The van der Waals surface area contributed by atoms with Crippen molar-refractivity contribution in [1.82, 2.24) is 4.98 Å². The van der Waals surface area contributed by atoms with E-state index in [0.29, 0.717) is 19.1 Å². The van der Waals surface area contributed by atoms with Crippen LogP contribution in [0.5, 0.6) is 0 Å². The first-order valence-corrected chi connectivity index (χ1v) is 8.58. The first-order chi connectivity index (χ1) is 12.1. The van der Waals surface area contributed by atoms with Gasteiger partial charge >= 0.3 is 5.97 Å². The minimum Gasteiger partial charge on any atom is -0.477 e. The maximum Gasteiger partial charge on any atom is 0.364 e. The molecule has 0 spiro atoms. The summed E-state index contributed by atoms with van der Waals surface area (Å²) in [5, 5.41) is 9.04. The molecule has 0 bridgehead atoms. The highest BCUT2D eigenvalue weighted by Gasteiger charge is 2.40. The van der Waals surface area contributed by atoms with Crippen molar-refractivity contribution in [3.63, 3.8) is 0 Å². The molecule has 0 amide bonds. The van der Waals surface area contributed by atoms with Gasteiger partial charge in [0.25, 0.3) is 5.79 Å². The Balaban J connectivity index is 1.38. The number of benzene rings is 1. The minimum atomic E-state index is -1.49. The number of carboxylic acids is 1. The van der Waals surface area contributed by atoms with Crippen LogP contribution in [0.2, 0.25) is 0 Å². The van der Waals surface area contributed by atoms with Crippen LogP contribution in [0.1, 0.15) is 31.9 Å². The summed E-state index contributed by atoms with van der Waals surface area (Å²) >= 11 is 0. The third kappa shape index (κ3) is 4.46. The third-order valence-electron chi connectivity index (χ3n) is 4.45. The van der Waals surface area contributed by atoms with Gasteiger partial charge in [-0.1, -0.05) is 24.6 Å². The number of oxazole rings is 1. The summed E-state index contributed by atoms with van der Waals surface area (Å²) in [4.78, 5) is 15.6. The number of rotatable bonds is 7. The van der Waals surface area contributed by atoms with Crippen molar-refractivity contribution >= 4 is 5.97 Å². The maximum absolute atomic E-state index is 11.0. The Bertz CT molecular complexity index is 689. The van der Waals surface area contributed by atoms with Crippen LogP contribution < -0.4 is 0 Å². The maximum atomic E-state index is 11.0. The Morgan fingerprint density at radius 1 is 1.24 bits per heavy atom. The lowest BCUT2D eigenvalue weighted by Crippen LogP contribution is -2.47. The summed E-state index contributed by atoms with van der Waals surface area (Å²) in [5.41, 5.74) is 1.93. The summed E-state index contributed by atoms with van der Waals surface area (Å²) in [6.45, 7) is 2.29. The van der Waals surface area contributed by atoms with Crippen LogP contribution in [0.3, 0.4) is 0 Å². The Kier molecular flexibility index (Phi) is 5.50. The highest BCUT2D eigenvalue weighted by molar-refractivity contribution is 5.75. The lowest BCUT2D eigenvalue weighted by molar-refractivity contribution is -0.271. The SMILES string of the molecule is CC1(C(=O)O)OCC(CCCCc2coc(-c3ccccc3)n2)CO1. The molecule has 0 atom stereocenters. The zero-order chi connectivity index (χ0) is 17.7. The molecule has 6 heteroatoms. The van der Waals surface area contributed by atoms with Crippen molar-refractivity contribution in [3.05, 3.63) is 42.3 Å². The van der Waals surface area contributed by atoms with Gasteiger partial charge in [0.2, 0.25) is 5.89 Å². The predicted molar refractivity (Wildman–Crippen MR) is 90.9 cm³/mol. The first kappa shape index (κ1) is 17.6. The van der Waals surface area contributed by atoms with Gasteiger partial charge in [-0.25, -0.2) is 9.78 Å². The number of nitrogens with zero attached hydrogens (tertiary/aromatic N) is 1. The molecule has 0 aliphatic carbocycles. The van der Waals surface area contributed by atoms with Gasteiger partial charge in [-0.05, 0) is 31.4 Å². The van der Waals surface area contributed by atoms with Gasteiger partial charge < -0.3 is 19.0 Å². The van der Waals surface area contributed by atoms with E-state index >= 15 is 0 Å². The number of carboxylic acid groups (broad SMARTS) is 1. The molecule has 1 N–H and O–H groups in total. The summed E-state index contributed by atoms with van der Waals surface area (Å²) in [5.74, 6) is -1.68. The summed E-state index contributed by atoms with van der Waals surface area (Å²) in [6.07, 6.45) is 5.52. The van der Waals surface area contributed by atoms with E-state index in [1.54, 1.807) is 6.26 Å². The number of hydrogen-bond acceptors (Lipinski definition) is 5. The highest BCUT2D eigenvalue weighted by atomic mass is 16.7. The van der Waals surface area contributed by atoms with E-state index in [2.05, 4.69) is 4.98 Å². The van der Waals surface area contributed by atoms with Crippen molar-refractivity contribution in [1.29, 1.82) is 0 Å². The standard InChI is InChI=1S/C19H23NO5/c1-19(18(21)22)24-11-14(12-25-19)7-5-6-10-16-13-23-17(20-16)15-8-3-2-4-9-15/h2-4,8-9,13-14H,5-7,10-12H2,1H3,(H,21,22). The second-order valence-corrected chi connectivity index (χ2v) is 6.49. The zero-order valence-corrected chi connectivity index (χ0v) is 14.3. The molecule has 1 saturated heterocycles. The number of hydrogen-bond donors (Lipinski definition) is 1. The van der Waals surface area contributed by atoms with Crippen LogP contribution in [0, 0.1) is 5.92 Å². The zero-order valence-electron chi connectivity index (χ0n) is 14.3. The van der Waals surface area contributed by atoms with Gasteiger partial charge in [-0.2, -0.15) is 0 Å². The molecular formula is C19H23NO5. The van der Waals surface area contributed by atoms with Gasteiger partial charge in [0.15, 0.2) is 0 Å². The van der Waals surface area contributed by atoms with E-state index < -0.39 is 11.8 Å². The predicted octanol–water partition coefficient (Wildman–Crippen LogP) is 3.52. The van der Waals surface area contributed by atoms with E-state index in [9.17, 15) is 4.79 Å². The van der Waals surface area contributed by atoms with Crippen LogP contribution in [0.15, 0.2) is 41.0 Å². The molecule has 0 unspecified atom stereocenters. The lowest BCUT2D eigenvalue weighted by atomic mass is 10.0. The molecule has 2 aromatic rings. The average molecular weight is 345 g/mol. The van der Waals surface area contributed by atoms with E-state index in [-0.39, 0.29) is 5.92 Å². The highest BCUT2D eigenvalue weighted by Crippen LogP contribution is 2.25. The fourth-order valence-electron chi connectivity index (χ4n) is 2.81. The van der Waals surface area contributed by atoms with Crippen molar-refractivity contribution in [2.24, 2.45) is 5.92 Å². The van der Waals surface area contributed by atoms with E-state index in [0.717, 1.165) is 36.9 Å². The summed E-state index contributed by atoms with van der Waals surface area (Å²) < 4.78 is 16.3. The molecule has 6 nitrogen and oxygen atoms in total. The second kappa shape index (κ2) is 7.80. The Morgan fingerprint density at radius 3 is 2.64 bits per heavy atom. The van der Waals surface area contributed by atoms with E-state index in [1.807, 2.05) is 30.3 Å². The molecule has 2 heterocycles. The van der Waals surface area contributed by atoms with Crippen LogP contribution in [-0.4, -0.2) is 35.1 Å². The molecule has 1 aliphatic heterocycles. The quantitative estimate of drug-likeness (QED) is 0.773. The average Bonchev–Trinajstić information content (AvgIpc) is 3.10. The molecule has 1 fully saturated rings. The number of ether oxygens (including phenoxy) is 2. The summed E-state index contributed by atoms with van der Waals surface area (Å²) in [7, 11) is 0. The topological polar surface area (TPSA) is 81.8 Å². The van der Waals surface area contributed by atoms with Crippen molar-refractivity contribution < 1.29 is 23.8 Å². The van der Waals surface area contributed by atoms with Gasteiger partial charge in [0.1, 0.15) is 6.26 Å². The third-order valence-corrected chi connectivity index (χ3v) is 4.45. The number of aromatic nitrogens is 1. The normalized spacial score (nSPS) is 23.5. The molecule has 3 rings (SSSR count). The molecular weight excluding hydrogens is 322 g/mol. The molecule has 25 heavy (non-hydrogen) atoms. The van der Waals surface area contributed by atoms with Crippen LogP contribution >= 0.6 is 0 Å². The van der Waals surface area contributed by atoms with Crippen LogP contribution in [0.4, 0.5) is 0 Å². The molecule has 0 saturated carbocycles. The van der Waals surface area contributed by atoms with Crippen molar-refractivity contribution in [3.8, 4) is 11.5 Å². The summed E-state index contributed by atoms with van der Waals surface area (Å²) in [6, 6.07) is 9.84. The Morgan fingerprint density at radius 2 is 1.96 bits per heavy atom. The van der Waals surface area contributed by atoms with E-state index in [4.69, 9.17) is 19.0 Å². The first-order valence-electron chi connectivity index (χ1n) is 8.58. The largest absolute Gasteiger partial charge is 0.477 e. The van der Waals surface area contributed by atoms with Gasteiger partial charge in [0.05, 0.1) is 18.9 Å². The minimum absolute atomic E-state index is 0.240. The number of carbonyl (C=O) groups is 1. The van der Waals surface area contributed by atoms with Gasteiger partial charge in [0, 0.05) is 18.4 Å². The van der Waals surface area contributed by atoms with Crippen molar-refractivity contribution in [2.75, 3.05) is 13.2 Å². The van der Waals surface area contributed by atoms with Gasteiger partial charge in [-0.15, -0.1) is 0 Å². The van der Waals surface area contributed by atoms with Gasteiger partial charge in [-0.3, -0.25) is 0 Å². The molecule has 1 aromatic heterocycles. The van der Waals surface area contributed by atoms with Crippen LogP contribution in [-0.2, 0) is 20.7 Å². The Labute approximate surface area is 146 Å². The van der Waals surface area contributed by atoms with Crippen LogP contribution in [0.25, 0.3) is 11.5 Å². The number of unbranched alkanes of at least 4 members (excludes halogenated alkanes) is 1. The lowest BCUT2D eigenvalue weighted by Gasteiger charge is -2.34. The smallest absolute Gasteiger partial charge is 0.364 e. The molecule has 1 aromatic carbocycles. The molecule has 0 radical (unpaired) electrons. The number of aliphatic carboxylic acids is 1. The van der Waals surface area contributed by atoms with Crippen molar-refractivity contribution in [2.45, 2.75) is 38.4 Å². The monoisotopic (exact) mass is 345 g/mol. The second-order valence-electron chi connectivity index (χ2n) is 6.49. The molecule has 1 aliphatic rings. The van der Waals surface area contributed by atoms with E-state index in [1.165, 1.54) is 6.92 Å².